The number of likely N-dealkylation sites (N-methyl/N-ethyl adjacent to an activating group) is 1. The minimum Gasteiger partial charge on any atom is -0.369 e. The van der Waals surface area contributed by atoms with Gasteiger partial charge >= 0.3 is 0 Å². The zero-order valence-corrected chi connectivity index (χ0v) is 21.1. The molecule has 0 amide bonds. The summed E-state index contributed by atoms with van der Waals surface area (Å²) in [6, 6.07) is 19.2. The van der Waals surface area contributed by atoms with Gasteiger partial charge in [-0.1, -0.05) is 31.0 Å². The van der Waals surface area contributed by atoms with E-state index in [-0.39, 0.29) is 0 Å². The van der Waals surface area contributed by atoms with Crippen molar-refractivity contribution in [1.29, 1.82) is 0 Å². The van der Waals surface area contributed by atoms with Crippen LogP contribution in [0.4, 0.5) is 29.0 Å². The Bertz CT molecular complexity index is 1320. The van der Waals surface area contributed by atoms with Gasteiger partial charge in [0.1, 0.15) is 5.52 Å². The van der Waals surface area contributed by atoms with E-state index in [4.69, 9.17) is 15.0 Å². The number of aromatic nitrogens is 4. The summed E-state index contributed by atoms with van der Waals surface area (Å²) in [5.74, 6) is 1.45. The highest BCUT2D eigenvalue weighted by atomic mass is 15.3. The lowest BCUT2D eigenvalue weighted by molar-refractivity contribution is 0.313. The Morgan fingerprint density at radius 2 is 1.47 bits per heavy atom. The smallest absolute Gasteiger partial charge is 0.229 e. The third-order valence-electron chi connectivity index (χ3n) is 7.43. The van der Waals surface area contributed by atoms with Crippen molar-refractivity contribution in [2.24, 2.45) is 0 Å². The number of nitrogens with one attached hydrogen (secondary N) is 2. The molecule has 0 atom stereocenters. The molecule has 2 aliphatic rings. The second-order valence-corrected chi connectivity index (χ2v) is 10.0. The van der Waals surface area contributed by atoms with Crippen LogP contribution >= 0.6 is 0 Å². The molecule has 1 saturated heterocycles. The monoisotopic (exact) mass is 482 g/mol. The van der Waals surface area contributed by atoms with Crippen LogP contribution in [0.15, 0.2) is 54.6 Å². The molecular formula is C28H34N8. The first-order chi connectivity index (χ1) is 17.6. The number of hydrogen-bond donors (Lipinski definition) is 2. The van der Waals surface area contributed by atoms with E-state index in [0.29, 0.717) is 12.0 Å². The number of fused-ring (bicyclic) bond motifs is 1. The van der Waals surface area contributed by atoms with Crippen molar-refractivity contribution in [2.75, 3.05) is 48.8 Å². The second-order valence-electron chi connectivity index (χ2n) is 10.0. The maximum absolute atomic E-state index is 4.98. The molecule has 3 heterocycles. The van der Waals surface area contributed by atoms with E-state index in [9.17, 15) is 0 Å². The standard InChI is InChI=1S/C28H34N8/c1-20-25-26(36(24-10-6-7-11-24)28(32-25)31-21-8-4-3-5-9-21)33-27(29-20)30-22-12-14-23(15-13-22)35-18-16-34(2)17-19-35/h3-5,8-9,12-15,24H,6-7,10-11,16-19H2,1-2H3,(H,31,32)(H,29,30,33). The van der Waals surface area contributed by atoms with Gasteiger partial charge in [0.25, 0.3) is 0 Å². The Hall–Kier alpha value is -3.65. The molecule has 2 N–H and O–H groups in total. The lowest BCUT2D eigenvalue weighted by Crippen LogP contribution is -2.44. The number of rotatable bonds is 6. The van der Waals surface area contributed by atoms with Crippen LogP contribution in [0.3, 0.4) is 0 Å². The van der Waals surface area contributed by atoms with E-state index in [1.54, 1.807) is 0 Å². The number of anilines is 5. The Balaban J connectivity index is 1.30. The molecule has 2 aromatic heterocycles. The first-order valence-electron chi connectivity index (χ1n) is 13.0. The lowest BCUT2D eigenvalue weighted by atomic mass is 10.2. The summed E-state index contributed by atoms with van der Waals surface area (Å²) in [6.45, 7) is 6.34. The maximum atomic E-state index is 4.98. The molecule has 1 aliphatic carbocycles. The summed E-state index contributed by atoms with van der Waals surface area (Å²) in [4.78, 5) is 19.5. The number of aryl methyl sites for hydroxylation is 1. The first kappa shape index (κ1) is 22.8. The van der Waals surface area contributed by atoms with Crippen LogP contribution in [0, 0.1) is 6.92 Å². The molecule has 6 rings (SSSR count). The SMILES string of the molecule is Cc1nc(Nc2ccc(N3CCN(C)CC3)cc2)nc2c1nc(Nc1ccccc1)n2C1CCCC1. The van der Waals surface area contributed by atoms with Crippen molar-refractivity contribution < 1.29 is 0 Å². The fourth-order valence-electron chi connectivity index (χ4n) is 5.36. The van der Waals surface area contributed by atoms with Crippen molar-refractivity contribution in [2.45, 2.75) is 38.6 Å². The zero-order valence-electron chi connectivity index (χ0n) is 21.1. The maximum Gasteiger partial charge on any atom is 0.229 e. The topological polar surface area (TPSA) is 74.1 Å². The van der Waals surface area contributed by atoms with Gasteiger partial charge in [-0.3, -0.25) is 4.57 Å². The summed E-state index contributed by atoms with van der Waals surface area (Å²) in [7, 11) is 2.18. The highest BCUT2D eigenvalue weighted by Gasteiger charge is 2.25. The lowest BCUT2D eigenvalue weighted by Gasteiger charge is -2.34. The van der Waals surface area contributed by atoms with Crippen LogP contribution < -0.4 is 15.5 Å². The molecule has 186 valence electrons. The van der Waals surface area contributed by atoms with E-state index in [0.717, 1.165) is 73.2 Å². The van der Waals surface area contributed by atoms with Crippen LogP contribution in [0.5, 0.6) is 0 Å². The summed E-state index contributed by atoms with van der Waals surface area (Å²) < 4.78 is 2.30. The third-order valence-corrected chi connectivity index (χ3v) is 7.43. The van der Waals surface area contributed by atoms with Crippen LogP contribution in [-0.2, 0) is 0 Å². The van der Waals surface area contributed by atoms with E-state index in [1.807, 2.05) is 25.1 Å². The quantitative estimate of drug-likeness (QED) is 0.376. The molecule has 0 spiro atoms. The molecule has 2 aromatic carbocycles. The van der Waals surface area contributed by atoms with Gasteiger partial charge in [0, 0.05) is 49.3 Å². The van der Waals surface area contributed by atoms with Gasteiger partial charge in [-0.25, -0.2) is 9.97 Å². The van der Waals surface area contributed by atoms with Crippen LogP contribution in [0.25, 0.3) is 11.2 Å². The van der Waals surface area contributed by atoms with Crippen molar-refractivity contribution in [1.82, 2.24) is 24.4 Å². The normalized spacial score (nSPS) is 17.1. The number of para-hydroxylation sites is 1. The molecule has 8 heteroatoms. The van der Waals surface area contributed by atoms with Gasteiger partial charge in [-0.05, 0) is 63.2 Å². The largest absolute Gasteiger partial charge is 0.369 e. The Morgan fingerprint density at radius 1 is 0.778 bits per heavy atom. The summed E-state index contributed by atoms with van der Waals surface area (Å²) >= 11 is 0. The van der Waals surface area contributed by atoms with Gasteiger partial charge in [-0.2, -0.15) is 4.98 Å². The molecule has 8 nitrogen and oxygen atoms in total. The highest BCUT2D eigenvalue weighted by Crippen LogP contribution is 2.36. The highest BCUT2D eigenvalue weighted by molar-refractivity contribution is 5.80. The molecule has 4 aromatic rings. The van der Waals surface area contributed by atoms with Gasteiger partial charge < -0.3 is 20.4 Å². The van der Waals surface area contributed by atoms with Crippen LogP contribution in [0.1, 0.15) is 37.4 Å². The molecule has 0 radical (unpaired) electrons. The second kappa shape index (κ2) is 9.78. The van der Waals surface area contributed by atoms with Gasteiger partial charge in [0.2, 0.25) is 11.9 Å². The molecule has 2 fully saturated rings. The van der Waals surface area contributed by atoms with Crippen molar-refractivity contribution in [3.63, 3.8) is 0 Å². The van der Waals surface area contributed by atoms with E-state index in [1.165, 1.54) is 18.5 Å². The molecule has 0 unspecified atom stereocenters. The predicted molar refractivity (Wildman–Crippen MR) is 147 cm³/mol. The van der Waals surface area contributed by atoms with Gasteiger partial charge in [-0.15, -0.1) is 0 Å². The number of piperazine rings is 1. The van der Waals surface area contributed by atoms with Crippen molar-refractivity contribution in [3.8, 4) is 0 Å². The summed E-state index contributed by atoms with van der Waals surface area (Å²) in [5.41, 5.74) is 5.90. The zero-order chi connectivity index (χ0) is 24.5. The minimum atomic E-state index is 0.395. The number of imidazole rings is 1. The fraction of sp³-hybridized carbons (Fsp3) is 0.393. The van der Waals surface area contributed by atoms with E-state index in [2.05, 4.69) is 68.4 Å². The predicted octanol–water partition coefficient (Wildman–Crippen LogP) is 5.49. The minimum absolute atomic E-state index is 0.395. The van der Waals surface area contributed by atoms with Crippen molar-refractivity contribution >= 4 is 40.1 Å². The Kier molecular flexibility index (Phi) is 6.19. The average molecular weight is 483 g/mol. The average Bonchev–Trinajstić information content (AvgIpc) is 3.54. The van der Waals surface area contributed by atoms with Gasteiger partial charge in [0.05, 0.1) is 5.69 Å². The number of nitrogens with zero attached hydrogens (tertiary/aromatic N) is 6. The van der Waals surface area contributed by atoms with Crippen molar-refractivity contribution in [3.05, 3.63) is 60.3 Å². The van der Waals surface area contributed by atoms with Crippen LogP contribution in [0.2, 0.25) is 0 Å². The third kappa shape index (κ3) is 4.60. The number of benzene rings is 2. The summed E-state index contributed by atoms with van der Waals surface area (Å²) in [6.07, 6.45) is 4.77. The van der Waals surface area contributed by atoms with E-state index >= 15 is 0 Å². The Labute approximate surface area is 212 Å². The molecule has 1 aliphatic heterocycles. The molecular weight excluding hydrogens is 448 g/mol. The summed E-state index contributed by atoms with van der Waals surface area (Å²) in [5, 5.41) is 6.97. The Morgan fingerprint density at radius 3 is 2.19 bits per heavy atom. The van der Waals surface area contributed by atoms with Crippen LogP contribution in [-0.4, -0.2) is 57.6 Å². The van der Waals surface area contributed by atoms with E-state index < -0.39 is 0 Å². The fourth-order valence-corrected chi connectivity index (χ4v) is 5.36. The first-order valence-corrected chi connectivity index (χ1v) is 13.0. The molecule has 0 bridgehead atoms. The number of hydrogen-bond acceptors (Lipinski definition) is 7. The van der Waals surface area contributed by atoms with Gasteiger partial charge in [0.15, 0.2) is 5.65 Å². The molecule has 1 saturated carbocycles. The molecule has 36 heavy (non-hydrogen) atoms.